The van der Waals surface area contributed by atoms with Crippen molar-refractivity contribution in [3.8, 4) is 5.75 Å². The molecule has 1 fully saturated rings. The minimum atomic E-state index is -0.922. The number of rotatable bonds is 6. The van der Waals surface area contributed by atoms with Crippen LogP contribution in [0.5, 0.6) is 5.75 Å². The zero-order valence-electron chi connectivity index (χ0n) is 11.7. The van der Waals surface area contributed by atoms with Gasteiger partial charge in [0, 0.05) is 30.6 Å². The summed E-state index contributed by atoms with van der Waals surface area (Å²) in [5.41, 5.74) is 0.267. The van der Waals surface area contributed by atoms with Gasteiger partial charge in [0.2, 0.25) is 0 Å². The van der Waals surface area contributed by atoms with Crippen LogP contribution in [0.1, 0.15) is 23.7 Å². The van der Waals surface area contributed by atoms with Crippen LogP contribution >= 0.6 is 11.8 Å². The summed E-state index contributed by atoms with van der Waals surface area (Å²) >= 11 is 2.05. The lowest BCUT2D eigenvalue weighted by Crippen LogP contribution is -2.39. The molecule has 0 amide bonds. The van der Waals surface area contributed by atoms with Crippen LogP contribution < -0.4 is 4.74 Å². The van der Waals surface area contributed by atoms with Gasteiger partial charge in [0.15, 0.2) is 0 Å². The summed E-state index contributed by atoms with van der Waals surface area (Å²) < 4.78 is 5.66. The lowest BCUT2D eigenvalue weighted by molar-refractivity contribution is 0.0696. The zero-order chi connectivity index (χ0) is 14.4. The standard InChI is InChI=1S/C15H21NO3S/c1-2-14-11-16(7-9-20-14)6-8-19-13-5-3-4-12(10-13)15(17)18/h3-5,10,14H,2,6-9,11H2,1H3,(H,17,18). The molecular formula is C15H21NO3S. The number of carbonyl (C=O) groups is 1. The van der Waals surface area contributed by atoms with Crippen molar-refractivity contribution in [3.05, 3.63) is 29.8 Å². The number of hydrogen-bond acceptors (Lipinski definition) is 4. The summed E-state index contributed by atoms with van der Waals surface area (Å²) in [5, 5.41) is 9.66. The van der Waals surface area contributed by atoms with Gasteiger partial charge in [-0.25, -0.2) is 4.79 Å². The van der Waals surface area contributed by atoms with Crippen LogP contribution in [-0.2, 0) is 0 Å². The first-order valence-electron chi connectivity index (χ1n) is 6.99. The van der Waals surface area contributed by atoms with E-state index in [2.05, 4.69) is 23.6 Å². The predicted molar refractivity (Wildman–Crippen MR) is 81.9 cm³/mol. The van der Waals surface area contributed by atoms with Crippen LogP contribution in [0.4, 0.5) is 0 Å². The molecule has 1 aliphatic heterocycles. The maximum Gasteiger partial charge on any atom is 0.335 e. The normalized spacial score (nSPS) is 19.8. The van der Waals surface area contributed by atoms with Crippen molar-refractivity contribution in [2.75, 3.05) is 32.0 Å². The third-order valence-corrected chi connectivity index (χ3v) is 4.81. The highest BCUT2D eigenvalue weighted by Crippen LogP contribution is 2.21. The molecule has 2 rings (SSSR count). The van der Waals surface area contributed by atoms with E-state index in [0.717, 1.165) is 24.9 Å². The summed E-state index contributed by atoms with van der Waals surface area (Å²) in [6.07, 6.45) is 1.21. The molecule has 0 spiro atoms. The summed E-state index contributed by atoms with van der Waals surface area (Å²) in [6.45, 7) is 5.97. The van der Waals surface area contributed by atoms with E-state index in [0.29, 0.717) is 12.4 Å². The van der Waals surface area contributed by atoms with Crippen molar-refractivity contribution in [1.29, 1.82) is 0 Å². The van der Waals surface area contributed by atoms with Gasteiger partial charge in [-0.3, -0.25) is 4.90 Å². The minimum Gasteiger partial charge on any atom is -0.492 e. The molecule has 0 bridgehead atoms. The maximum absolute atomic E-state index is 10.9. The molecule has 0 radical (unpaired) electrons. The molecule has 20 heavy (non-hydrogen) atoms. The molecule has 1 aliphatic rings. The molecular weight excluding hydrogens is 274 g/mol. The molecule has 0 aliphatic carbocycles. The topological polar surface area (TPSA) is 49.8 Å². The first kappa shape index (κ1) is 15.2. The third kappa shape index (κ3) is 4.42. The molecule has 1 saturated heterocycles. The number of ether oxygens (including phenoxy) is 1. The van der Waals surface area contributed by atoms with E-state index >= 15 is 0 Å². The predicted octanol–water partition coefficient (Wildman–Crippen LogP) is 2.59. The molecule has 1 atom stereocenters. The van der Waals surface area contributed by atoms with E-state index in [4.69, 9.17) is 9.84 Å². The average Bonchev–Trinajstić information content (AvgIpc) is 2.48. The molecule has 4 nitrogen and oxygen atoms in total. The second kappa shape index (κ2) is 7.55. The fourth-order valence-corrected chi connectivity index (χ4v) is 3.49. The third-order valence-electron chi connectivity index (χ3n) is 3.44. The largest absolute Gasteiger partial charge is 0.492 e. The summed E-state index contributed by atoms with van der Waals surface area (Å²) in [6, 6.07) is 6.66. The summed E-state index contributed by atoms with van der Waals surface area (Å²) in [5.74, 6) is 0.894. The van der Waals surface area contributed by atoms with Gasteiger partial charge in [-0.15, -0.1) is 0 Å². The van der Waals surface area contributed by atoms with E-state index in [1.54, 1.807) is 24.3 Å². The van der Waals surface area contributed by atoms with E-state index in [9.17, 15) is 4.79 Å². The zero-order valence-corrected chi connectivity index (χ0v) is 12.6. The van der Waals surface area contributed by atoms with Gasteiger partial charge < -0.3 is 9.84 Å². The second-order valence-corrected chi connectivity index (χ2v) is 6.29. The Labute approximate surface area is 124 Å². The van der Waals surface area contributed by atoms with E-state index in [1.807, 2.05) is 0 Å². The van der Waals surface area contributed by atoms with E-state index < -0.39 is 5.97 Å². The number of aromatic carboxylic acids is 1. The van der Waals surface area contributed by atoms with E-state index in [-0.39, 0.29) is 5.56 Å². The molecule has 1 unspecified atom stereocenters. The monoisotopic (exact) mass is 295 g/mol. The van der Waals surface area contributed by atoms with Gasteiger partial charge in [0.05, 0.1) is 5.56 Å². The average molecular weight is 295 g/mol. The maximum atomic E-state index is 10.9. The smallest absolute Gasteiger partial charge is 0.335 e. The number of carboxylic acids is 1. The molecule has 1 aromatic carbocycles. The first-order chi connectivity index (χ1) is 9.69. The fraction of sp³-hybridized carbons (Fsp3) is 0.533. The van der Waals surface area contributed by atoms with Crippen molar-refractivity contribution in [3.63, 3.8) is 0 Å². The van der Waals surface area contributed by atoms with Gasteiger partial charge in [-0.05, 0) is 24.6 Å². The van der Waals surface area contributed by atoms with Gasteiger partial charge >= 0.3 is 5.97 Å². The van der Waals surface area contributed by atoms with Crippen LogP contribution in [0.2, 0.25) is 0 Å². The number of hydrogen-bond donors (Lipinski definition) is 1. The van der Waals surface area contributed by atoms with Crippen LogP contribution in [0.25, 0.3) is 0 Å². The number of carboxylic acid groups (broad SMARTS) is 1. The Balaban J connectivity index is 1.78. The molecule has 5 heteroatoms. The Morgan fingerprint density at radius 1 is 1.55 bits per heavy atom. The lowest BCUT2D eigenvalue weighted by atomic mass is 10.2. The Morgan fingerprint density at radius 3 is 3.15 bits per heavy atom. The van der Waals surface area contributed by atoms with Crippen molar-refractivity contribution in [1.82, 2.24) is 4.90 Å². The first-order valence-corrected chi connectivity index (χ1v) is 8.04. The van der Waals surface area contributed by atoms with Crippen molar-refractivity contribution >= 4 is 17.7 Å². The van der Waals surface area contributed by atoms with Gasteiger partial charge in [-0.1, -0.05) is 13.0 Å². The molecule has 0 saturated carbocycles. The summed E-state index contributed by atoms with van der Waals surface area (Å²) in [4.78, 5) is 13.3. The molecule has 1 heterocycles. The van der Waals surface area contributed by atoms with Crippen LogP contribution in [-0.4, -0.2) is 53.2 Å². The van der Waals surface area contributed by atoms with Crippen molar-refractivity contribution in [2.45, 2.75) is 18.6 Å². The lowest BCUT2D eigenvalue weighted by Gasteiger charge is -2.31. The Kier molecular flexibility index (Phi) is 5.73. The Morgan fingerprint density at radius 2 is 2.40 bits per heavy atom. The molecule has 1 N–H and O–H groups in total. The van der Waals surface area contributed by atoms with E-state index in [1.165, 1.54) is 12.2 Å². The highest BCUT2D eigenvalue weighted by molar-refractivity contribution is 8.00. The SMILES string of the molecule is CCC1CN(CCOc2cccc(C(=O)O)c2)CCS1. The summed E-state index contributed by atoms with van der Waals surface area (Å²) in [7, 11) is 0. The highest BCUT2D eigenvalue weighted by atomic mass is 32.2. The van der Waals surface area contributed by atoms with Crippen molar-refractivity contribution < 1.29 is 14.6 Å². The molecule has 0 aromatic heterocycles. The van der Waals surface area contributed by atoms with Crippen LogP contribution in [0, 0.1) is 0 Å². The quantitative estimate of drug-likeness (QED) is 0.874. The highest BCUT2D eigenvalue weighted by Gasteiger charge is 2.18. The van der Waals surface area contributed by atoms with Crippen LogP contribution in [0.3, 0.4) is 0 Å². The van der Waals surface area contributed by atoms with Crippen molar-refractivity contribution in [2.24, 2.45) is 0 Å². The minimum absolute atomic E-state index is 0.267. The Bertz CT molecular complexity index is 452. The number of thioether (sulfide) groups is 1. The van der Waals surface area contributed by atoms with Gasteiger partial charge in [0.1, 0.15) is 12.4 Å². The molecule has 1 aromatic rings. The number of benzene rings is 1. The second-order valence-electron chi connectivity index (χ2n) is 4.88. The Hall–Kier alpha value is -1.20. The van der Waals surface area contributed by atoms with Crippen LogP contribution in [0.15, 0.2) is 24.3 Å². The van der Waals surface area contributed by atoms with Gasteiger partial charge in [0.25, 0.3) is 0 Å². The molecule has 110 valence electrons. The number of nitrogens with zero attached hydrogens (tertiary/aromatic N) is 1. The van der Waals surface area contributed by atoms with Gasteiger partial charge in [-0.2, -0.15) is 11.8 Å². The fourth-order valence-electron chi connectivity index (χ4n) is 2.24.